The van der Waals surface area contributed by atoms with E-state index >= 15 is 0 Å². The van der Waals surface area contributed by atoms with Crippen LogP contribution in [0.5, 0.6) is 0 Å². The Labute approximate surface area is 147 Å². The van der Waals surface area contributed by atoms with Crippen molar-refractivity contribution in [2.75, 3.05) is 13.3 Å². The SMILES string of the molecule is CC(C)N1COC2CCC3C(=O)C(c4ccc(F)cc4)=COC3C2C1. The molecular formula is C20H24FNO3. The number of benzene rings is 1. The molecule has 0 spiro atoms. The number of fused-ring (bicyclic) bond motifs is 3. The van der Waals surface area contributed by atoms with Crippen LogP contribution in [0.1, 0.15) is 32.3 Å². The average molecular weight is 345 g/mol. The first-order valence-electron chi connectivity index (χ1n) is 9.06. The van der Waals surface area contributed by atoms with Crippen molar-refractivity contribution in [1.29, 1.82) is 0 Å². The second-order valence-electron chi connectivity index (χ2n) is 7.55. The van der Waals surface area contributed by atoms with E-state index in [1.54, 1.807) is 18.4 Å². The van der Waals surface area contributed by atoms with Crippen molar-refractivity contribution < 1.29 is 18.7 Å². The molecule has 4 atom stereocenters. The number of ether oxygens (including phenoxy) is 2. The van der Waals surface area contributed by atoms with Crippen molar-refractivity contribution >= 4 is 11.4 Å². The van der Waals surface area contributed by atoms with Crippen LogP contribution in [0.2, 0.25) is 0 Å². The third kappa shape index (κ3) is 3.00. The molecule has 4 nitrogen and oxygen atoms in total. The highest BCUT2D eigenvalue weighted by Crippen LogP contribution is 2.42. The molecule has 4 unspecified atom stereocenters. The minimum Gasteiger partial charge on any atom is -0.496 e. The predicted octanol–water partition coefficient (Wildman–Crippen LogP) is 3.23. The van der Waals surface area contributed by atoms with Crippen LogP contribution in [0, 0.1) is 17.7 Å². The van der Waals surface area contributed by atoms with Crippen molar-refractivity contribution in [2.24, 2.45) is 11.8 Å². The van der Waals surface area contributed by atoms with Crippen LogP contribution < -0.4 is 0 Å². The van der Waals surface area contributed by atoms with Crippen LogP contribution in [0.15, 0.2) is 30.5 Å². The zero-order chi connectivity index (χ0) is 17.6. The van der Waals surface area contributed by atoms with Gasteiger partial charge >= 0.3 is 0 Å². The van der Waals surface area contributed by atoms with Gasteiger partial charge in [-0.2, -0.15) is 0 Å². The van der Waals surface area contributed by atoms with Gasteiger partial charge in [0.25, 0.3) is 0 Å². The molecule has 1 aromatic carbocycles. The number of hydrogen-bond acceptors (Lipinski definition) is 4. The summed E-state index contributed by atoms with van der Waals surface area (Å²) in [6.45, 7) is 5.87. The van der Waals surface area contributed by atoms with Gasteiger partial charge in [-0.15, -0.1) is 0 Å². The van der Waals surface area contributed by atoms with E-state index < -0.39 is 0 Å². The summed E-state index contributed by atoms with van der Waals surface area (Å²) in [5, 5.41) is 0. The molecule has 2 heterocycles. The number of allylic oxidation sites excluding steroid dienone is 1. The molecule has 0 aromatic heterocycles. The van der Waals surface area contributed by atoms with Crippen LogP contribution in [-0.4, -0.2) is 42.2 Å². The summed E-state index contributed by atoms with van der Waals surface area (Å²) < 4.78 is 25.3. The quantitative estimate of drug-likeness (QED) is 0.825. The van der Waals surface area contributed by atoms with Crippen molar-refractivity contribution in [2.45, 2.75) is 44.9 Å². The zero-order valence-corrected chi connectivity index (χ0v) is 14.7. The van der Waals surface area contributed by atoms with E-state index in [9.17, 15) is 9.18 Å². The van der Waals surface area contributed by atoms with Crippen LogP contribution in [-0.2, 0) is 14.3 Å². The highest BCUT2D eigenvalue weighted by Gasteiger charge is 2.49. The van der Waals surface area contributed by atoms with Gasteiger partial charge in [0, 0.05) is 18.5 Å². The average Bonchev–Trinajstić information content (AvgIpc) is 2.62. The topological polar surface area (TPSA) is 38.8 Å². The Balaban J connectivity index is 1.58. The molecule has 1 saturated heterocycles. The van der Waals surface area contributed by atoms with Gasteiger partial charge in [0.15, 0.2) is 5.78 Å². The van der Waals surface area contributed by atoms with Gasteiger partial charge in [-0.05, 0) is 44.4 Å². The minimum atomic E-state index is -0.306. The molecule has 0 amide bonds. The molecule has 2 aliphatic heterocycles. The Morgan fingerprint density at radius 3 is 2.68 bits per heavy atom. The zero-order valence-electron chi connectivity index (χ0n) is 14.7. The summed E-state index contributed by atoms with van der Waals surface area (Å²) in [4.78, 5) is 15.3. The van der Waals surface area contributed by atoms with E-state index in [0.717, 1.165) is 24.9 Å². The number of halogens is 1. The molecule has 1 saturated carbocycles. The molecule has 0 radical (unpaired) electrons. The Kier molecular flexibility index (Phi) is 4.38. The fourth-order valence-electron chi connectivity index (χ4n) is 4.26. The van der Waals surface area contributed by atoms with Gasteiger partial charge in [0.05, 0.1) is 30.6 Å². The second kappa shape index (κ2) is 6.54. The Bertz CT molecular complexity index is 685. The smallest absolute Gasteiger partial charge is 0.173 e. The summed E-state index contributed by atoms with van der Waals surface area (Å²) in [7, 11) is 0. The molecule has 0 bridgehead atoms. The molecule has 5 heteroatoms. The number of rotatable bonds is 2. The van der Waals surface area contributed by atoms with Crippen molar-refractivity contribution in [3.63, 3.8) is 0 Å². The molecule has 1 aliphatic carbocycles. The maximum absolute atomic E-state index is 13.2. The van der Waals surface area contributed by atoms with Crippen molar-refractivity contribution in [3.8, 4) is 0 Å². The fraction of sp³-hybridized carbons (Fsp3) is 0.550. The Morgan fingerprint density at radius 2 is 1.96 bits per heavy atom. The monoisotopic (exact) mass is 345 g/mol. The molecular weight excluding hydrogens is 321 g/mol. The van der Waals surface area contributed by atoms with Crippen molar-refractivity contribution in [1.82, 2.24) is 4.90 Å². The molecule has 3 aliphatic rings. The first-order chi connectivity index (χ1) is 12.0. The van der Waals surface area contributed by atoms with Gasteiger partial charge in [0.2, 0.25) is 0 Å². The van der Waals surface area contributed by atoms with Gasteiger partial charge in [-0.25, -0.2) is 4.39 Å². The van der Waals surface area contributed by atoms with Gasteiger partial charge < -0.3 is 9.47 Å². The molecule has 25 heavy (non-hydrogen) atoms. The molecule has 4 rings (SSSR count). The lowest BCUT2D eigenvalue weighted by atomic mass is 9.71. The lowest BCUT2D eigenvalue weighted by Gasteiger charge is -2.49. The number of carbonyl (C=O) groups is 1. The number of nitrogens with zero attached hydrogens (tertiary/aromatic N) is 1. The maximum Gasteiger partial charge on any atom is 0.173 e. The van der Waals surface area contributed by atoms with Gasteiger partial charge in [-0.3, -0.25) is 9.69 Å². The third-order valence-electron chi connectivity index (χ3n) is 5.79. The first kappa shape index (κ1) is 16.7. The van der Waals surface area contributed by atoms with E-state index in [1.165, 1.54) is 12.1 Å². The van der Waals surface area contributed by atoms with E-state index in [0.29, 0.717) is 18.3 Å². The number of hydrogen-bond donors (Lipinski definition) is 0. The third-order valence-corrected chi connectivity index (χ3v) is 5.79. The largest absolute Gasteiger partial charge is 0.496 e. The summed E-state index contributed by atoms with van der Waals surface area (Å²) in [5.41, 5.74) is 1.27. The Morgan fingerprint density at radius 1 is 1.20 bits per heavy atom. The van der Waals surface area contributed by atoms with E-state index in [-0.39, 0.29) is 35.6 Å². The first-order valence-corrected chi connectivity index (χ1v) is 9.06. The van der Waals surface area contributed by atoms with Crippen LogP contribution in [0.3, 0.4) is 0 Å². The van der Waals surface area contributed by atoms with E-state index in [1.807, 2.05) is 0 Å². The lowest BCUT2D eigenvalue weighted by molar-refractivity contribution is -0.174. The van der Waals surface area contributed by atoms with Crippen molar-refractivity contribution in [3.05, 3.63) is 41.9 Å². The fourth-order valence-corrected chi connectivity index (χ4v) is 4.26. The van der Waals surface area contributed by atoms with E-state index in [4.69, 9.17) is 9.47 Å². The van der Waals surface area contributed by atoms with Crippen LogP contribution in [0.25, 0.3) is 5.57 Å². The molecule has 0 N–H and O–H groups in total. The van der Waals surface area contributed by atoms with Crippen LogP contribution in [0.4, 0.5) is 4.39 Å². The number of Topliss-reactive ketones (excluding diaryl/α,β-unsaturated/α-hetero) is 1. The summed E-state index contributed by atoms with van der Waals surface area (Å²) in [6.07, 6.45) is 3.30. The standard InChI is InChI=1S/C20H24FNO3/c1-12(2)22-9-16-18(25-11-22)8-7-15-19(23)17(10-24-20(15)16)13-3-5-14(21)6-4-13/h3-6,10,12,15-16,18,20H,7-9,11H2,1-2H3. The summed E-state index contributed by atoms with van der Waals surface area (Å²) in [6, 6.07) is 6.44. The molecule has 1 aromatic rings. The lowest BCUT2D eigenvalue weighted by Crippen LogP contribution is -2.57. The highest BCUT2D eigenvalue weighted by molar-refractivity contribution is 6.22. The Hall–Kier alpha value is -1.72. The normalized spacial score (nSPS) is 32.6. The summed E-state index contributed by atoms with van der Waals surface area (Å²) >= 11 is 0. The van der Waals surface area contributed by atoms with Crippen LogP contribution >= 0.6 is 0 Å². The predicted molar refractivity (Wildman–Crippen MR) is 92.1 cm³/mol. The molecule has 2 fully saturated rings. The minimum absolute atomic E-state index is 0.114. The number of ketones is 1. The van der Waals surface area contributed by atoms with Gasteiger partial charge in [-0.1, -0.05) is 12.1 Å². The van der Waals surface area contributed by atoms with E-state index in [2.05, 4.69) is 18.7 Å². The second-order valence-corrected chi connectivity index (χ2v) is 7.55. The summed E-state index contributed by atoms with van der Waals surface area (Å²) in [5.74, 6) is -0.116. The van der Waals surface area contributed by atoms with Gasteiger partial charge in [0.1, 0.15) is 11.9 Å². The maximum atomic E-state index is 13.2. The molecule has 134 valence electrons. The highest BCUT2D eigenvalue weighted by atomic mass is 19.1. The number of carbonyl (C=O) groups excluding carboxylic acids is 1.